The summed E-state index contributed by atoms with van der Waals surface area (Å²) in [6, 6.07) is 15.1. The average molecular weight is 313 g/mol. The van der Waals surface area contributed by atoms with Gasteiger partial charge in [-0.1, -0.05) is 44.2 Å². The standard InChI is InChI=1S/C19H23NO3/c1-13(2)18(14-8-6-5-7-9-14)20-19(21)15-10-11-16(22-3)17(12-15)23-4/h5-13,18H,1-4H3,(H,20,21). The van der Waals surface area contributed by atoms with E-state index in [1.54, 1.807) is 32.4 Å². The number of methoxy groups -OCH3 is 2. The zero-order chi connectivity index (χ0) is 16.8. The Morgan fingerprint density at radius 3 is 2.17 bits per heavy atom. The zero-order valence-corrected chi connectivity index (χ0v) is 14.0. The van der Waals surface area contributed by atoms with E-state index in [1.807, 2.05) is 30.3 Å². The van der Waals surface area contributed by atoms with Crippen LogP contribution in [0.1, 0.15) is 35.8 Å². The van der Waals surface area contributed by atoms with Gasteiger partial charge < -0.3 is 14.8 Å². The van der Waals surface area contributed by atoms with Crippen molar-refractivity contribution in [3.63, 3.8) is 0 Å². The number of hydrogen-bond acceptors (Lipinski definition) is 3. The highest BCUT2D eigenvalue weighted by Gasteiger charge is 2.19. The summed E-state index contributed by atoms with van der Waals surface area (Å²) in [6.07, 6.45) is 0. The van der Waals surface area contributed by atoms with Crippen molar-refractivity contribution >= 4 is 5.91 Å². The van der Waals surface area contributed by atoms with Gasteiger partial charge in [-0.15, -0.1) is 0 Å². The SMILES string of the molecule is COc1ccc(C(=O)NC(c2ccccc2)C(C)C)cc1OC. The van der Waals surface area contributed by atoms with Gasteiger partial charge in [0, 0.05) is 5.56 Å². The average Bonchev–Trinajstić information content (AvgIpc) is 2.59. The predicted molar refractivity (Wildman–Crippen MR) is 91.0 cm³/mol. The lowest BCUT2D eigenvalue weighted by Gasteiger charge is -2.23. The predicted octanol–water partition coefficient (Wildman–Crippen LogP) is 3.83. The Kier molecular flexibility index (Phi) is 5.63. The Morgan fingerprint density at radius 2 is 1.61 bits per heavy atom. The van der Waals surface area contributed by atoms with Crippen molar-refractivity contribution in [2.75, 3.05) is 14.2 Å². The summed E-state index contributed by atoms with van der Waals surface area (Å²) in [5, 5.41) is 3.10. The fraction of sp³-hybridized carbons (Fsp3) is 0.316. The summed E-state index contributed by atoms with van der Waals surface area (Å²) in [6.45, 7) is 4.18. The van der Waals surface area contributed by atoms with Crippen LogP contribution in [0.2, 0.25) is 0 Å². The van der Waals surface area contributed by atoms with E-state index in [1.165, 1.54) is 0 Å². The van der Waals surface area contributed by atoms with Crippen molar-refractivity contribution in [2.45, 2.75) is 19.9 Å². The smallest absolute Gasteiger partial charge is 0.251 e. The molecule has 0 aliphatic heterocycles. The molecule has 2 aromatic rings. The van der Waals surface area contributed by atoms with E-state index in [2.05, 4.69) is 19.2 Å². The van der Waals surface area contributed by atoms with Crippen LogP contribution in [0.15, 0.2) is 48.5 Å². The van der Waals surface area contributed by atoms with Crippen LogP contribution in [0.4, 0.5) is 0 Å². The molecule has 0 aromatic heterocycles. The molecule has 2 aromatic carbocycles. The van der Waals surface area contributed by atoms with E-state index in [-0.39, 0.29) is 17.9 Å². The number of hydrogen-bond donors (Lipinski definition) is 1. The monoisotopic (exact) mass is 313 g/mol. The van der Waals surface area contributed by atoms with Gasteiger partial charge in [0.25, 0.3) is 5.91 Å². The van der Waals surface area contributed by atoms with Crippen molar-refractivity contribution in [2.24, 2.45) is 5.92 Å². The van der Waals surface area contributed by atoms with E-state index in [0.717, 1.165) is 5.56 Å². The van der Waals surface area contributed by atoms with Gasteiger partial charge in [0.2, 0.25) is 0 Å². The molecule has 1 unspecified atom stereocenters. The molecule has 0 radical (unpaired) electrons. The number of nitrogens with one attached hydrogen (secondary N) is 1. The number of amides is 1. The lowest BCUT2D eigenvalue weighted by atomic mass is 9.95. The maximum absolute atomic E-state index is 12.6. The molecule has 122 valence electrons. The van der Waals surface area contributed by atoms with Crippen LogP contribution in [-0.4, -0.2) is 20.1 Å². The Morgan fingerprint density at radius 1 is 0.957 bits per heavy atom. The first-order valence-electron chi connectivity index (χ1n) is 7.64. The fourth-order valence-electron chi connectivity index (χ4n) is 2.50. The van der Waals surface area contributed by atoms with Gasteiger partial charge >= 0.3 is 0 Å². The first-order valence-corrected chi connectivity index (χ1v) is 7.64. The lowest BCUT2D eigenvalue weighted by Crippen LogP contribution is -2.31. The molecule has 0 aliphatic carbocycles. The van der Waals surface area contributed by atoms with Gasteiger partial charge in [-0.3, -0.25) is 4.79 Å². The quantitative estimate of drug-likeness (QED) is 0.881. The maximum Gasteiger partial charge on any atom is 0.251 e. The molecule has 23 heavy (non-hydrogen) atoms. The molecular weight excluding hydrogens is 290 g/mol. The van der Waals surface area contributed by atoms with Crippen LogP contribution in [-0.2, 0) is 0 Å². The molecule has 0 fully saturated rings. The Hall–Kier alpha value is -2.49. The minimum atomic E-state index is -0.131. The van der Waals surface area contributed by atoms with Crippen LogP contribution < -0.4 is 14.8 Å². The molecule has 0 spiro atoms. The zero-order valence-electron chi connectivity index (χ0n) is 14.0. The third-order valence-corrected chi connectivity index (χ3v) is 3.76. The van der Waals surface area contributed by atoms with Gasteiger partial charge in [-0.25, -0.2) is 0 Å². The number of ether oxygens (including phenoxy) is 2. The minimum Gasteiger partial charge on any atom is -0.493 e. The molecular formula is C19H23NO3. The molecule has 0 aliphatic rings. The maximum atomic E-state index is 12.6. The van der Waals surface area contributed by atoms with E-state index in [4.69, 9.17) is 9.47 Å². The topological polar surface area (TPSA) is 47.6 Å². The van der Waals surface area contributed by atoms with E-state index < -0.39 is 0 Å². The molecule has 4 heteroatoms. The molecule has 0 saturated heterocycles. The normalized spacial score (nSPS) is 11.9. The van der Waals surface area contributed by atoms with Gasteiger partial charge in [-0.2, -0.15) is 0 Å². The van der Waals surface area contributed by atoms with Crippen molar-refractivity contribution in [1.82, 2.24) is 5.32 Å². The van der Waals surface area contributed by atoms with Gasteiger partial charge in [-0.05, 0) is 29.7 Å². The van der Waals surface area contributed by atoms with Gasteiger partial charge in [0.15, 0.2) is 11.5 Å². The number of carbonyl (C=O) groups is 1. The van der Waals surface area contributed by atoms with Gasteiger partial charge in [0.05, 0.1) is 20.3 Å². The third-order valence-electron chi connectivity index (χ3n) is 3.76. The second-order valence-corrected chi connectivity index (χ2v) is 5.68. The molecule has 0 saturated carbocycles. The van der Waals surface area contributed by atoms with E-state index in [0.29, 0.717) is 17.1 Å². The van der Waals surface area contributed by atoms with E-state index in [9.17, 15) is 4.79 Å². The first kappa shape index (κ1) is 16.9. The molecule has 1 amide bonds. The Bertz CT molecular complexity index is 653. The number of carbonyl (C=O) groups excluding carboxylic acids is 1. The molecule has 1 N–H and O–H groups in total. The van der Waals surface area contributed by atoms with Crippen LogP contribution in [0.25, 0.3) is 0 Å². The van der Waals surface area contributed by atoms with E-state index >= 15 is 0 Å². The lowest BCUT2D eigenvalue weighted by molar-refractivity contribution is 0.0925. The van der Waals surface area contributed by atoms with Crippen LogP contribution in [0, 0.1) is 5.92 Å². The summed E-state index contributed by atoms with van der Waals surface area (Å²) in [4.78, 5) is 12.6. The largest absolute Gasteiger partial charge is 0.493 e. The molecule has 0 bridgehead atoms. The molecule has 2 rings (SSSR count). The second kappa shape index (κ2) is 7.68. The summed E-state index contributed by atoms with van der Waals surface area (Å²) < 4.78 is 10.5. The summed E-state index contributed by atoms with van der Waals surface area (Å²) in [5.41, 5.74) is 1.64. The van der Waals surface area contributed by atoms with Crippen molar-refractivity contribution < 1.29 is 14.3 Å². The highest BCUT2D eigenvalue weighted by Crippen LogP contribution is 2.28. The highest BCUT2D eigenvalue weighted by molar-refractivity contribution is 5.95. The van der Waals surface area contributed by atoms with Crippen molar-refractivity contribution in [3.05, 3.63) is 59.7 Å². The minimum absolute atomic E-state index is 0.0446. The van der Waals surface area contributed by atoms with Crippen molar-refractivity contribution in [1.29, 1.82) is 0 Å². The highest BCUT2D eigenvalue weighted by atomic mass is 16.5. The number of rotatable bonds is 6. The summed E-state index contributed by atoms with van der Waals surface area (Å²) in [5.74, 6) is 1.29. The van der Waals surface area contributed by atoms with Crippen LogP contribution in [0.3, 0.4) is 0 Å². The fourth-order valence-corrected chi connectivity index (χ4v) is 2.50. The summed E-state index contributed by atoms with van der Waals surface area (Å²) in [7, 11) is 3.13. The van der Waals surface area contributed by atoms with Crippen LogP contribution in [0.5, 0.6) is 11.5 Å². The first-order chi connectivity index (χ1) is 11.1. The molecule has 0 heterocycles. The van der Waals surface area contributed by atoms with Crippen molar-refractivity contribution in [3.8, 4) is 11.5 Å². The Labute approximate surface area is 137 Å². The summed E-state index contributed by atoms with van der Waals surface area (Å²) >= 11 is 0. The van der Waals surface area contributed by atoms with Gasteiger partial charge in [0.1, 0.15) is 0 Å². The second-order valence-electron chi connectivity index (χ2n) is 5.68. The number of benzene rings is 2. The Balaban J connectivity index is 2.22. The molecule has 4 nitrogen and oxygen atoms in total. The molecule has 1 atom stereocenters. The van der Waals surface area contributed by atoms with Crippen LogP contribution >= 0.6 is 0 Å². The third kappa shape index (κ3) is 4.03.